The Balaban J connectivity index is 2.65. The number of aldehydes is 1. The molecule has 1 aromatic carbocycles. The van der Waals surface area contributed by atoms with Crippen LogP contribution in [0.3, 0.4) is 0 Å². The van der Waals surface area contributed by atoms with Crippen molar-refractivity contribution in [1.29, 1.82) is 0 Å². The molecule has 0 aliphatic rings. The predicted octanol–water partition coefficient (Wildman–Crippen LogP) is 1.94. The third-order valence-corrected chi connectivity index (χ3v) is 2.91. The van der Waals surface area contributed by atoms with E-state index in [0.717, 1.165) is 22.9 Å². The number of esters is 1. The van der Waals surface area contributed by atoms with Crippen LogP contribution in [0, 0.1) is 6.92 Å². The van der Waals surface area contributed by atoms with Crippen LogP contribution in [0.25, 0.3) is 10.9 Å². The second kappa shape index (κ2) is 4.41. The molecule has 0 aliphatic heterocycles. The first-order chi connectivity index (χ1) is 8.19. The number of carbonyl (C=O) groups excluding carboxylic acids is 2. The highest BCUT2D eigenvalue weighted by atomic mass is 16.5. The summed E-state index contributed by atoms with van der Waals surface area (Å²) in [6.45, 7) is 1.95. The summed E-state index contributed by atoms with van der Waals surface area (Å²) in [7, 11) is 1.35. The smallest absolute Gasteiger partial charge is 0.325 e. The maximum Gasteiger partial charge on any atom is 0.325 e. The fraction of sp³-hybridized carbons (Fsp3) is 0.231. The van der Waals surface area contributed by atoms with E-state index in [9.17, 15) is 9.59 Å². The van der Waals surface area contributed by atoms with Gasteiger partial charge < -0.3 is 9.30 Å². The average Bonchev–Trinajstić information content (AvgIpc) is 2.62. The van der Waals surface area contributed by atoms with Crippen molar-refractivity contribution in [2.45, 2.75) is 13.5 Å². The quantitative estimate of drug-likeness (QED) is 0.599. The maximum atomic E-state index is 11.3. The van der Waals surface area contributed by atoms with Gasteiger partial charge in [-0.3, -0.25) is 9.59 Å². The highest BCUT2D eigenvalue weighted by Crippen LogP contribution is 2.24. The van der Waals surface area contributed by atoms with Crippen LogP contribution in [-0.2, 0) is 16.1 Å². The Morgan fingerprint density at radius 2 is 2.12 bits per heavy atom. The molecule has 1 heterocycles. The molecule has 0 spiro atoms. The number of ether oxygens (including phenoxy) is 1. The molecule has 0 amide bonds. The molecule has 0 unspecified atom stereocenters. The Morgan fingerprint density at radius 1 is 1.41 bits per heavy atom. The first kappa shape index (κ1) is 11.4. The zero-order valence-corrected chi connectivity index (χ0v) is 9.77. The van der Waals surface area contributed by atoms with Gasteiger partial charge in [-0.05, 0) is 13.0 Å². The molecule has 0 fully saturated rings. The van der Waals surface area contributed by atoms with E-state index < -0.39 is 0 Å². The van der Waals surface area contributed by atoms with Crippen molar-refractivity contribution in [3.8, 4) is 0 Å². The van der Waals surface area contributed by atoms with Crippen molar-refractivity contribution in [3.63, 3.8) is 0 Å². The molecule has 0 N–H and O–H groups in total. The number of hydrogen-bond donors (Lipinski definition) is 0. The van der Waals surface area contributed by atoms with Gasteiger partial charge in [0.1, 0.15) is 6.54 Å². The van der Waals surface area contributed by atoms with Gasteiger partial charge in [0.05, 0.1) is 7.11 Å². The summed E-state index contributed by atoms with van der Waals surface area (Å²) in [6, 6.07) is 7.51. The highest BCUT2D eigenvalue weighted by molar-refractivity contribution is 5.99. The van der Waals surface area contributed by atoms with Crippen LogP contribution in [0.5, 0.6) is 0 Å². The Morgan fingerprint density at radius 3 is 2.76 bits per heavy atom. The van der Waals surface area contributed by atoms with Gasteiger partial charge in [0, 0.05) is 22.2 Å². The molecule has 4 nitrogen and oxygen atoms in total. The van der Waals surface area contributed by atoms with Crippen molar-refractivity contribution in [2.75, 3.05) is 7.11 Å². The third-order valence-electron chi connectivity index (χ3n) is 2.91. The molecule has 0 radical (unpaired) electrons. The van der Waals surface area contributed by atoms with E-state index in [2.05, 4.69) is 4.74 Å². The zero-order chi connectivity index (χ0) is 12.4. The van der Waals surface area contributed by atoms with Crippen LogP contribution in [0.2, 0.25) is 0 Å². The minimum atomic E-state index is -0.327. The van der Waals surface area contributed by atoms with Gasteiger partial charge in [0.2, 0.25) is 0 Å². The lowest BCUT2D eigenvalue weighted by Gasteiger charge is -2.06. The maximum absolute atomic E-state index is 11.3. The number of para-hydroxylation sites is 1. The summed E-state index contributed by atoms with van der Waals surface area (Å²) in [6.07, 6.45) is 0.825. The first-order valence-electron chi connectivity index (χ1n) is 5.29. The molecule has 1 aromatic heterocycles. The van der Waals surface area contributed by atoms with Crippen LogP contribution in [0.15, 0.2) is 24.3 Å². The van der Waals surface area contributed by atoms with E-state index in [1.54, 1.807) is 4.57 Å². The predicted molar refractivity (Wildman–Crippen MR) is 64.1 cm³/mol. The molecule has 88 valence electrons. The van der Waals surface area contributed by atoms with Crippen LogP contribution in [0.1, 0.15) is 16.1 Å². The number of aromatic nitrogens is 1. The fourth-order valence-electron chi connectivity index (χ4n) is 2.00. The molecule has 2 aromatic rings. The summed E-state index contributed by atoms with van der Waals surface area (Å²) in [5, 5.41) is 0.865. The van der Waals surface area contributed by atoms with Gasteiger partial charge >= 0.3 is 5.97 Å². The van der Waals surface area contributed by atoms with E-state index in [1.807, 2.05) is 31.2 Å². The Labute approximate surface area is 98.8 Å². The summed E-state index contributed by atoms with van der Waals surface area (Å²) >= 11 is 0. The number of methoxy groups -OCH3 is 1. The van der Waals surface area contributed by atoms with E-state index in [4.69, 9.17) is 0 Å². The minimum Gasteiger partial charge on any atom is -0.468 e. The van der Waals surface area contributed by atoms with Crippen LogP contribution >= 0.6 is 0 Å². The monoisotopic (exact) mass is 231 g/mol. The van der Waals surface area contributed by atoms with Gasteiger partial charge in [-0.25, -0.2) is 0 Å². The Kier molecular flexibility index (Phi) is 2.95. The number of nitrogens with zero attached hydrogens (tertiary/aromatic N) is 1. The molecule has 0 atom stereocenters. The Hall–Kier alpha value is -2.10. The van der Waals surface area contributed by atoms with E-state index in [1.165, 1.54) is 7.11 Å². The second-order valence-corrected chi connectivity index (χ2v) is 3.80. The lowest BCUT2D eigenvalue weighted by atomic mass is 10.1. The third kappa shape index (κ3) is 1.82. The van der Waals surface area contributed by atoms with Crippen molar-refractivity contribution in [2.24, 2.45) is 0 Å². The number of carbonyl (C=O) groups is 2. The summed E-state index contributed by atoms with van der Waals surface area (Å²) in [4.78, 5) is 22.4. The molecule has 0 aliphatic carbocycles. The van der Waals surface area contributed by atoms with Crippen LogP contribution in [-0.4, -0.2) is 23.9 Å². The van der Waals surface area contributed by atoms with Crippen molar-refractivity contribution < 1.29 is 14.3 Å². The first-order valence-corrected chi connectivity index (χ1v) is 5.29. The standard InChI is InChI=1S/C13H13NO3/c1-9-11(8-15)10-5-3-4-6-12(10)14(9)7-13(16)17-2/h3-6,8H,7H2,1-2H3. The fourth-order valence-corrected chi connectivity index (χ4v) is 2.00. The number of benzene rings is 1. The zero-order valence-electron chi connectivity index (χ0n) is 9.77. The number of hydrogen-bond acceptors (Lipinski definition) is 3. The van der Waals surface area contributed by atoms with Gasteiger partial charge in [0.15, 0.2) is 6.29 Å². The molecule has 0 saturated carbocycles. The largest absolute Gasteiger partial charge is 0.468 e. The summed E-state index contributed by atoms with van der Waals surface area (Å²) in [5.74, 6) is -0.327. The molecule has 17 heavy (non-hydrogen) atoms. The SMILES string of the molecule is COC(=O)Cn1c(C)c(C=O)c2ccccc21. The number of rotatable bonds is 3. The normalized spacial score (nSPS) is 10.5. The molecule has 0 saturated heterocycles. The van der Waals surface area contributed by atoms with Crippen LogP contribution < -0.4 is 0 Å². The van der Waals surface area contributed by atoms with Gasteiger partial charge in [-0.1, -0.05) is 18.2 Å². The summed E-state index contributed by atoms with van der Waals surface area (Å²) in [5.41, 5.74) is 2.29. The molecule has 4 heteroatoms. The number of fused-ring (bicyclic) bond motifs is 1. The van der Waals surface area contributed by atoms with Gasteiger partial charge in [-0.15, -0.1) is 0 Å². The van der Waals surface area contributed by atoms with Crippen molar-refractivity contribution in [3.05, 3.63) is 35.5 Å². The molecule has 2 rings (SSSR count). The second-order valence-electron chi connectivity index (χ2n) is 3.80. The van der Waals surface area contributed by atoms with Gasteiger partial charge in [-0.2, -0.15) is 0 Å². The van der Waals surface area contributed by atoms with E-state index in [0.29, 0.717) is 5.56 Å². The lowest BCUT2D eigenvalue weighted by molar-refractivity contribution is -0.141. The van der Waals surface area contributed by atoms with E-state index >= 15 is 0 Å². The molecular formula is C13H13NO3. The Bertz CT molecular complexity index is 584. The average molecular weight is 231 g/mol. The minimum absolute atomic E-state index is 0.122. The van der Waals surface area contributed by atoms with Crippen molar-refractivity contribution in [1.82, 2.24) is 4.57 Å². The van der Waals surface area contributed by atoms with Crippen molar-refractivity contribution >= 4 is 23.2 Å². The van der Waals surface area contributed by atoms with Gasteiger partial charge in [0.25, 0.3) is 0 Å². The van der Waals surface area contributed by atoms with E-state index in [-0.39, 0.29) is 12.5 Å². The summed E-state index contributed by atoms with van der Waals surface area (Å²) < 4.78 is 6.45. The van der Waals surface area contributed by atoms with Crippen LogP contribution in [0.4, 0.5) is 0 Å². The topological polar surface area (TPSA) is 48.3 Å². The lowest BCUT2D eigenvalue weighted by Crippen LogP contribution is -2.12. The molecular weight excluding hydrogens is 218 g/mol. The molecule has 0 bridgehead atoms. The highest BCUT2D eigenvalue weighted by Gasteiger charge is 2.14.